The van der Waals surface area contributed by atoms with E-state index in [-0.39, 0.29) is 12.2 Å². The molecule has 2 rings (SSSR count). The highest BCUT2D eigenvalue weighted by Gasteiger charge is 2.23. The number of aromatic nitrogens is 2. The van der Waals surface area contributed by atoms with Crippen LogP contribution in [0.1, 0.15) is 40.2 Å². The minimum absolute atomic E-state index is 0.0136. The first-order valence-corrected chi connectivity index (χ1v) is 12.0. The maximum atomic E-state index is 12.6. The summed E-state index contributed by atoms with van der Waals surface area (Å²) in [5, 5.41) is 9.84. The van der Waals surface area contributed by atoms with Crippen LogP contribution < -0.4 is 10.6 Å². The number of sulfone groups is 1. The van der Waals surface area contributed by atoms with E-state index in [2.05, 4.69) is 15.7 Å². The third-order valence-corrected chi connectivity index (χ3v) is 5.61. The van der Waals surface area contributed by atoms with Crippen LogP contribution in [0.4, 0.5) is 0 Å². The molecular formula is C21H30N4O4S. The molecule has 1 atom stereocenters. The van der Waals surface area contributed by atoms with Crippen LogP contribution in [0.5, 0.6) is 0 Å². The summed E-state index contributed by atoms with van der Waals surface area (Å²) >= 11 is 0. The summed E-state index contributed by atoms with van der Waals surface area (Å²) < 4.78 is 25.0. The van der Waals surface area contributed by atoms with Gasteiger partial charge in [-0.2, -0.15) is 5.10 Å². The monoisotopic (exact) mass is 434 g/mol. The van der Waals surface area contributed by atoms with E-state index in [9.17, 15) is 18.0 Å². The van der Waals surface area contributed by atoms with Crippen molar-refractivity contribution in [2.75, 3.05) is 18.6 Å². The highest BCUT2D eigenvalue weighted by atomic mass is 32.2. The standard InChI is InChI=1S/C21H30N4O4S/c1-15-7-5-8-18(13-15)20(26)23-19(9-12-30(4,28)29)21(27)22-10-6-11-25-17(3)14-16(2)24-25/h5,7-8,13-14,19H,6,9-12H2,1-4H3,(H,22,27)(H,23,26). The lowest BCUT2D eigenvalue weighted by atomic mass is 10.1. The Hall–Kier alpha value is -2.68. The third-order valence-electron chi connectivity index (χ3n) is 4.63. The Morgan fingerprint density at radius 2 is 1.90 bits per heavy atom. The number of benzene rings is 1. The molecule has 0 aliphatic carbocycles. The predicted octanol–water partition coefficient (Wildman–Crippen LogP) is 1.55. The molecular weight excluding hydrogens is 404 g/mol. The van der Waals surface area contributed by atoms with Gasteiger partial charge < -0.3 is 10.6 Å². The minimum atomic E-state index is -3.27. The topological polar surface area (TPSA) is 110 Å². The first kappa shape index (κ1) is 23.6. The van der Waals surface area contributed by atoms with Crippen molar-refractivity contribution >= 4 is 21.7 Å². The zero-order chi connectivity index (χ0) is 22.3. The summed E-state index contributed by atoms with van der Waals surface area (Å²) in [7, 11) is -3.27. The van der Waals surface area contributed by atoms with E-state index in [0.29, 0.717) is 25.1 Å². The van der Waals surface area contributed by atoms with Gasteiger partial charge in [-0.25, -0.2) is 8.42 Å². The zero-order valence-electron chi connectivity index (χ0n) is 17.9. The lowest BCUT2D eigenvalue weighted by Gasteiger charge is -2.18. The van der Waals surface area contributed by atoms with Crippen molar-refractivity contribution in [1.82, 2.24) is 20.4 Å². The fourth-order valence-corrected chi connectivity index (χ4v) is 3.76. The Balaban J connectivity index is 1.95. The van der Waals surface area contributed by atoms with Gasteiger partial charge in [-0.3, -0.25) is 14.3 Å². The van der Waals surface area contributed by atoms with Gasteiger partial charge in [0.05, 0.1) is 11.4 Å². The number of amides is 2. The van der Waals surface area contributed by atoms with Crippen LogP contribution >= 0.6 is 0 Å². The van der Waals surface area contributed by atoms with Gasteiger partial charge in [-0.15, -0.1) is 0 Å². The van der Waals surface area contributed by atoms with Gasteiger partial charge in [0.15, 0.2) is 0 Å². The molecule has 1 aromatic carbocycles. The van der Waals surface area contributed by atoms with Gasteiger partial charge in [-0.05, 0) is 51.8 Å². The van der Waals surface area contributed by atoms with E-state index in [1.807, 2.05) is 37.6 Å². The Labute approximate surface area is 178 Å². The Bertz CT molecular complexity index is 998. The molecule has 2 aromatic rings. The molecule has 30 heavy (non-hydrogen) atoms. The Morgan fingerprint density at radius 3 is 2.50 bits per heavy atom. The van der Waals surface area contributed by atoms with Crippen molar-refractivity contribution in [3.8, 4) is 0 Å². The average Bonchev–Trinajstić information content (AvgIpc) is 2.98. The van der Waals surface area contributed by atoms with Gasteiger partial charge >= 0.3 is 0 Å². The number of nitrogens with one attached hydrogen (secondary N) is 2. The van der Waals surface area contributed by atoms with Crippen LogP contribution in [0.15, 0.2) is 30.3 Å². The second-order valence-electron chi connectivity index (χ2n) is 7.61. The fraction of sp³-hybridized carbons (Fsp3) is 0.476. The molecule has 164 valence electrons. The van der Waals surface area contributed by atoms with Crippen LogP contribution in [-0.4, -0.2) is 54.6 Å². The first-order valence-electron chi connectivity index (χ1n) is 9.89. The molecule has 1 heterocycles. The van der Waals surface area contributed by atoms with Gasteiger partial charge in [0.1, 0.15) is 15.9 Å². The largest absolute Gasteiger partial charge is 0.354 e. The molecule has 0 aliphatic rings. The molecule has 0 aliphatic heterocycles. The molecule has 0 spiro atoms. The highest BCUT2D eigenvalue weighted by molar-refractivity contribution is 7.90. The number of rotatable bonds is 10. The van der Waals surface area contributed by atoms with Gasteiger partial charge in [-0.1, -0.05) is 17.7 Å². The van der Waals surface area contributed by atoms with Crippen molar-refractivity contribution in [2.45, 2.75) is 46.2 Å². The van der Waals surface area contributed by atoms with Gasteiger partial charge in [0.2, 0.25) is 5.91 Å². The predicted molar refractivity (Wildman–Crippen MR) is 116 cm³/mol. The number of nitrogens with zero attached hydrogens (tertiary/aromatic N) is 2. The van der Waals surface area contributed by atoms with E-state index >= 15 is 0 Å². The van der Waals surface area contributed by atoms with Gasteiger partial charge in [0, 0.05) is 30.6 Å². The third kappa shape index (κ3) is 7.62. The maximum Gasteiger partial charge on any atom is 0.251 e. The summed E-state index contributed by atoms with van der Waals surface area (Å²) in [4.78, 5) is 25.2. The van der Waals surface area contributed by atoms with Gasteiger partial charge in [0.25, 0.3) is 5.91 Å². The Kier molecular flexibility index (Phi) is 8.16. The summed E-state index contributed by atoms with van der Waals surface area (Å²) in [5.74, 6) is -0.992. The van der Waals surface area contributed by atoms with E-state index < -0.39 is 27.7 Å². The average molecular weight is 435 g/mol. The van der Waals surface area contributed by atoms with Crippen molar-refractivity contribution in [3.63, 3.8) is 0 Å². The number of hydrogen-bond donors (Lipinski definition) is 2. The summed E-state index contributed by atoms with van der Waals surface area (Å²) in [6.07, 6.45) is 1.79. The lowest BCUT2D eigenvalue weighted by molar-refractivity contribution is -0.123. The second-order valence-corrected chi connectivity index (χ2v) is 9.87. The van der Waals surface area contributed by atoms with Crippen LogP contribution in [0.3, 0.4) is 0 Å². The van der Waals surface area contributed by atoms with Crippen molar-refractivity contribution in [1.29, 1.82) is 0 Å². The highest BCUT2D eigenvalue weighted by Crippen LogP contribution is 2.06. The van der Waals surface area contributed by atoms with E-state index in [1.165, 1.54) is 0 Å². The molecule has 2 amide bonds. The quantitative estimate of drug-likeness (QED) is 0.551. The number of aryl methyl sites for hydroxylation is 4. The first-order chi connectivity index (χ1) is 14.0. The van der Waals surface area contributed by atoms with E-state index in [4.69, 9.17) is 0 Å². The minimum Gasteiger partial charge on any atom is -0.354 e. The molecule has 0 saturated carbocycles. The number of hydrogen-bond acceptors (Lipinski definition) is 5. The molecule has 9 heteroatoms. The molecule has 1 unspecified atom stereocenters. The van der Waals surface area contributed by atoms with E-state index in [1.54, 1.807) is 18.2 Å². The fourth-order valence-electron chi connectivity index (χ4n) is 3.09. The maximum absolute atomic E-state index is 12.6. The van der Waals surface area contributed by atoms with Crippen molar-refractivity contribution in [3.05, 3.63) is 52.8 Å². The number of carbonyl (C=O) groups is 2. The van der Waals surface area contributed by atoms with Crippen molar-refractivity contribution in [2.24, 2.45) is 0 Å². The normalized spacial score (nSPS) is 12.4. The number of carbonyl (C=O) groups excluding carboxylic acids is 2. The summed E-state index contributed by atoms with van der Waals surface area (Å²) in [6, 6.07) is 8.06. The SMILES string of the molecule is Cc1cccc(C(=O)NC(CCS(C)(=O)=O)C(=O)NCCCn2nc(C)cc2C)c1. The molecule has 0 saturated heterocycles. The summed E-state index contributed by atoms with van der Waals surface area (Å²) in [5.41, 5.74) is 3.34. The Morgan fingerprint density at radius 1 is 1.17 bits per heavy atom. The van der Waals surface area contributed by atoms with E-state index in [0.717, 1.165) is 23.2 Å². The van der Waals surface area contributed by atoms with Crippen LogP contribution in [0.2, 0.25) is 0 Å². The molecule has 2 N–H and O–H groups in total. The van der Waals surface area contributed by atoms with Crippen LogP contribution in [0, 0.1) is 20.8 Å². The molecule has 0 bridgehead atoms. The molecule has 0 radical (unpaired) electrons. The molecule has 0 fully saturated rings. The smallest absolute Gasteiger partial charge is 0.251 e. The molecule has 1 aromatic heterocycles. The lowest BCUT2D eigenvalue weighted by Crippen LogP contribution is -2.47. The van der Waals surface area contributed by atoms with Crippen molar-refractivity contribution < 1.29 is 18.0 Å². The second kappa shape index (κ2) is 10.4. The zero-order valence-corrected chi connectivity index (χ0v) is 18.8. The molecule has 8 nitrogen and oxygen atoms in total. The van der Waals surface area contributed by atoms with Crippen LogP contribution in [-0.2, 0) is 21.2 Å². The van der Waals surface area contributed by atoms with Crippen LogP contribution in [0.25, 0.3) is 0 Å². The summed E-state index contributed by atoms with van der Waals surface area (Å²) in [6.45, 7) is 6.82.